The summed E-state index contributed by atoms with van der Waals surface area (Å²) in [5.74, 6) is -1.30. The molecule has 32 heavy (non-hydrogen) atoms. The van der Waals surface area contributed by atoms with E-state index in [1.54, 1.807) is 0 Å². The molecule has 0 bridgehead atoms. The van der Waals surface area contributed by atoms with Gasteiger partial charge in [-0.25, -0.2) is 13.1 Å². The number of hydrogen-bond acceptors (Lipinski definition) is 6. The van der Waals surface area contributed by atoms with Crippen LogP contribution in [0, 0.1) is 0 Å². The summed E-state index contributed by atoms with van der Waals surface area (Å²) in [4.78, 5) is 25.1. The molecule has 0 heterocycles. The third-order valence-corrected chi connectivity index (χ3v) is 5.38. The first-order valence-corrected chi connectivity index (χ1v) is 10.4. The van der Waals surface area contributed by atoms with Gasteiger partial charge in [-0.1, -0.05) is 0 Å². The Morgan fingerprint density at radius 1 is 1.00 bits per heavy atom. The number of benzene rings is 2. The minimum atomic E-state index is -4.83. The van der Waals surface area contributed by atoms with E-state index in [4.69, 9.17) is 4.74 Å². The number of likely N-dealkylation sites (N-methyl/N-ethyl adjacent to an activating group) is 1. The summed E-state index contributed by atoms with van der Waals surface area (Å²) < 4.78 is 71.8. The number of rotatable bonds is 9. The SMILES string of the molecule is COc1ccc(S(=O)(=O)NCC(=O)N(C)CC(=O)Nc2ccc(OC(F)(F)F)cc2)cc1. The molecule has 0 aliphatic rings. The molecule has 0 aliphatic carbocycles. The summed E-state index contributed by atoms with van der Waals surface area (Å²) in [5, 5.41) is 2.41. The van der Waals surface area contributed by atoms with Gasteiger partial charge in [-0.05, 0) is 48.5 Å². The van der Waals surface area contributed by atoms with E-state index in [-0.39, 0.29) is 10.6 Å². The zero-order valence-corrected chi connectivity index (χ0v) is 17.8. The summed E-state index contributed by atoms with van der Waals surface area (Å²) in [6, 6.07) is 9.97. The molecule has 13 heteroatoms. The highest BCUT2D eigenvalue weighted by Crippen LogP contribution is 2.24. The van der Waals surface area contributed by atoms with Crippen molar-refractivity contribution in [1.82, 2.24) is 9.62 Å². The van der Waals surface area contributed by atoms with Crippen LogP contribution in [0.5, 0.6) is 11.5 Å². The standard InChI is InChI=1S/C19H20F3N3O6S/c1-25(12-17(26)24-13-3-5-15(6-4-13)31-19(20,21)22)18(27)11-23-32(28,29)16-9-7-14(30-2)8-10-16/h3-10,23H,11-12H2,1-2H3,(H,24,26). The van der Waals surface area contributed by atoms with Crippen LogP contribution in [0.3, 0.4) is 0 Å². The summed E-state index contributed by atoms with van der Waals surface area (Å²) in [6.45, 7) is -0.995. The van der Waals surface area contributed by atoms with Gasteiger partial charge in [-0.15, -0.1) is 13.2 Å². The van der Waals surface area contributed by atoms with Crippen molar-refractivity contribution >= 4 is 27.5 Å². The van der Waals surface area contributed by atoms with Gasteiger partial charge in [0, 0.05) is 12.7 Å². The minimum absolute atomic E-state index is 0.0653. The second kappa shape index (κ2) is 10.3. The maximum absolute atomic E-state index is 12.3. The Morgan fingerprint density at radius 2 is 1.56 bits per heavy atom. The minimum Gasteiger partial charge on any atom is -0.497 e. The van der Waals surface area contributed by atoms with Gasteiger partial charge in [0.1, 0.15) is 11.5 Å². The number of nitrogens with one attached hydrogen (secondary N) is 2. The van der Waals surface area contributed by atoms with E-state index in [2.05, 4.69) is 14.8 Å². The molecule has 2 amide bonds. The number of sulfonamides is 1. The molecule has 0 fully saturated rings. The van der Waals surface area contributed by atoms with Gasteiger partial charge < -0.3 is 19.7 Å². The monoisotopic (exact) mass is 475 g/mol. The topological polar surface area (TPSA) is 114 Å². The second-order valence-electron chi connectivity index (χ2n) is 6.37. The summed E-state index contributed by atoms with van der Waals surface area (Å²) >= 11 is 0. The van der Waals surface area contributed by atoms with Crippen molar-refractivity contribution in [2.24, 2.45) is 0 Å². The number of anilines is 1. The lowest BCUT2D eigenvalue weighted by molar-refractivity contribution is -0.274. The summed E-state index contributed by atoms with van der Waals surface area (Å²) in [6.07, 6.45) is -4.83. The lowest BCUT2D eigenvalue weighted by atomic mass is 10.3. The molecule has 174 valence electrons. The molecule has 2 aromatic carbocycles. The van der Waals surface area contributed by atoms with Gasteiger partial charge in [0.15, 0.2) is 0 Å². The second-order valence-corrected chi connectivity index (χ2v) is 8.14. The lowest BCUT2D eigenvalue weighted by Gasteiger charge is -2.17. The Kier molecular flexibility index (Phi) is 8.05. The predicted molar refractivity (Wildman–Crippen MR) is 108 cm³/mol. The summed E-state index contributed by atoms with van der Waals surface area (Å²) in [7, 11) is -1.22. The molecule has 0 radical (unpaired) electrons. The van der Waals surface area contributed by atoms with Crippen LogP contribution in [0.4, 0.5) is 18.9 Å². The number of carbonyl (C=O) groups excluding carboxylic acids is 2. The zero-order valence-electron chi connectivity index (χ0n) is 17.0. The van der Waals surface area contributed by atoms with Gasteiger partial charge >= 0.3 is 6.36 Å². The third kappa shape index (κ3) is 7.74. The number of methoxy groups -OCH3 is 1. The molecule has 0 atom stereocenters. The molecular formula is C19H20F3N3O6S. The van der Waals surface area contributed by atoms with Crippen LogP contribution in [0.1, 0.15) is 0 Å². The van der Waals surface area contributed by atoms with E-state index in [1.165, 1.54) is 50.6 Å². The first-order valence-electron chi connectivity index (χ1n) is 8.93. The molecule has 2 N–H and O–H groups in total. The maximum atomic E-state index is 12.3. The Morgan fingerprint density at radius 3 is 2.09 bits per heavy atom. The molecule has 0 aromatic heterocycles. The van der Waals surface area contributed by atoms with Gasteiger partial charge in [-0.2, -0.15) is 0 Å². The van der Waals surface area contributed by atoms with E-state index in [1.807, 2.05) is 0 Å². The van der Waals surface area contributed by atoms with Crippen molar-refractivity contribution in [3.8, 4) is 11.5 Å². The normalized spacial score (nSPS) is 11.5. The van der Waals surface area contributed by atoms with E-state index < -0.39 is 47.0 Å². The number of ether oxygens (including phenoxy) is 2. The van der Waals surface area contributed by atoms with Crippen LogP contribution in [-0.4, -0.2) is 58.7 Å². The fourth-order valence-corrected chi connectivity index (χ4v) is 3.35. The van der Waals surface area contributed by atoms with Crippen LogP contribution in [0.2, 0.25) is 0 Å². The predicted octanol–water partition coefficient (Wildman–Crippen LogP) is 1.97. The fourth-order valence-electron chi connectivity index (χ4n) is 2.37. The molecule has 0 aliphatic heterocycles. The van der Waals surface area contributed by atoms with Crippen molar-refractivity contribution in [1.29, 1.82) is 0 Å². The average molecular weight is 475 g/mol. The fraction of sp³-hybridized carbons (Fsp3) is 0.263. The molecular weight excluding hydrogens is 455 g/mol. The van der Waals surface area contributed by atoms with Crippen molar-refractivity contribution in [2.45, 2.75) is 11.3 Å². The Hall–Kier alpha value is -3.32. The number of amides is 2. The van der Waals surface area contributed by atoms with Crippen molar-refractivity contribution in [2.75, 3.05) is 32.6 Å². The molecule has 0 saturated heterocycles. The third-order valence-electron chi connectivity index (χ3n) is 3.96. The van der Waals surface area contributed by atoms with Crippen molar-refractivity contribution in [3.05, 3.63) is 48.5 Å². The van der Waals surface area contributed by atoms with Gasteiger partial charge in [0.2, 0.25) is 21.8 Å². The molecule has 0 spiro atoms. The van der Waals surface area contributed by atoms with E-state index in [0.717, 1.165) is 17.0 Å². The largest absolute Gasteiger partial charge is 0.573 e. The number of alkyl halides is 3. The van der Waals surface area contributed by atoms with E-state index >= 15 is 0 Å². The molecule has 0 saturated carbocycles. The number of nitrogens with zero attached hydrogens (tertiary/aromatic N) is 1. The highest BCUT2D eigenvalue weighted by Gasteiger charge is 2.31. The van der Waals surface area contributed by atoms with E-state index in [9.17, 15) is 31.2 Å². The molecule has 9 nitrogen and oxygen atoms in total. The number of hydrogen-bond donors (Lipinski definition) is 2. The summed E-state index contributed by atoms with van der Waals surface area (Å²) in [5.41, 5.74) is 0.186. The molecule has 2 aromatic rings. The first kappa shape index (κ1) is 24.9. The maximum Gasteiger partial charge on any atom is 0.573 e. The van der Waals surface area contributed by atoms with Crippen LogP contribution in [0.15, 0.2) is 53.4 Å². The Bertz CT molecular complexity index is 1040. The molecule has 0 unspecified atom stereocenters. The van der Waals surface area contributed by atoms with Crippen molar-refractivity contribution < 1.29 is 40.7 Å². The Balaban J connectivity index is 1.85. The van der Waals surface area contributed by atoms with Crippen LogP contribution in [0.25, 0.3) is 0 Å². The smallest absolute Gasteiger partial charge is 0.497 e. The highest BCUT2D eigenvalue weighted by atomic mass is 32.2. The van der Waals surface area contributed by atoms with Gasteiger partial charge in [0.05, 0.1) is 25.1 Å². The molecule has 2 rings (SSSR count). The van der Waals surface area contributed by atoms with Gasteiger partial charge in [-0.3, -0.25) is 9.59 Å². The quantitative estimate of drug-likeness (QED) is 0.573. The van der Waals surface area contributed by atoms with Crippen molar-refractivity contribution in [3.63, 3.8) is 0 Å². The number of carbonyl (C=O) groups is 2. The van der Waals surface area contributed by atoms with Crippen LogP contribution in [-0.2, 0) is 19.6 Å². The highest BCUT2D eigenvalue weighted by molar-refractivity contribution is 7.89. The zero-order chi connectivity index (χ0) is 23.9. The first-order chi connectivity index (χ1) is 14.9. The number of halogens is 3. The van der Waals surface area contributed by atoms with E-state index in [0.29, 0.717) is 5.75 Å². The van der Waals surface area contributed by atoms with Gasteiger partial charge in [0.25, 0.3) is 0 Å². The lowest BCUT2D eigenvalue weighted by Crippen LogP contribution is -2.41. The van der Waals surface area contributed by atoms with Crippen LogP contribution < -0.4 is 19.5 Å². The van der Waals surface area contributed by atoms with Crippen LogP contribution >= 0.6 is 0 Å². The average Bonchev–Trinajstić information content (AvgIpc) is 2.72. The Labute approximate surface area is 182 Å².